The molecular weight excluding hydrogens is 492 g/mol. The van der Waals surface area contributed by atoms with Crippen LogP contribution in [0.1, 0.15) is 24.3 Å². The highest BCUT2D eigenvalue weighted by atomic mass is 19.4. The van der Waals surface area contributed by atoms with Gasteiger partial charge < -0.3 is 24.5 Å². The molecule has 1 atom stereocenters. The Morgan fingerprint density at radius 1 is 1.08 bits per heavy atom. The average Bonchev–Trinajstić information content (AvgIpc) is 3.20. The number of rotatable bonds is 9. The maximum absolute atomic E-state index is 14.6. The summed E-state index contributed by atoms with van der Waals surface area (Å²) < 4.78 is 66.3. The average molecular weight is 519 g/mol. The summed E-state index contributed by atoms with van der Waals surface area (Å²) >= 11 is 0. The van der Waals surface area contributed by atoms with Gasteiger partial charge in [0.05, 0.1) is 24.9 Å². The fraction of sp³-hybridized carbons (Fsp3) is 0.308. The van der Waals surface area contributed by atoms with E-state index in [2.05, 4.69) is 15.3 Å². The minimum Gasteiger partial charge on any atom is -0.496 e. The Morgan fingerprint density at radius 2 is 1.86 bits per heavy atom. The van der Waals surface area contributed by atoms with Crippen molar-refractivity contribution in [2.24, 2.45) is 0 Å². The second-order valence-corrected chi connectivity index (χ2v) is 8.29. The van der Waals surface area contributed by atoms with E-state index in [9.17, 15) is 22.7 Å². The number of fused-ring (bicyclic) bond motifs is 1. The molecule has 0 aliphatic rings. The van der Waals surface area contributed by atoms with Crippen molar-refractivity contribution in [1.29, 1.82) is 0 Å². The van der Waals surface area contributed by atoms with Crippen molar-refractivity contribution in [3.8, 4) is 22.8 Å². The van der Waals surface area contributed by atoms with Crippen LogP contribution in [0, 0.1) is 12.7 Å². The van der Waals surface area contributed by atoms with Crippen LogP contribution in [0.15, 0.2) is 48.8 Å². The SMILES string of the molecule is CCOc1cc(-c2cc(NCCn3c(C)cc4c(OC)ccc(F)c43)ncn2)ccc1C(O)C(F)(F)F. The zero-order chi connectivity index (χ0) is 26.7. The molecule has 0 bridgehead atoms. The number of aryl methyl sites for hydroxylation is 1. The smallest absolute Gasteiger partial charge is 0.418 e. The topological polar surface area (TPSA) is 81.4 Å². The van der Waals surface area contributed by atoms with Crippen molar-refractivity contribution in [2.45, 2.75) is 32.7 Å². The number of benzene rings is 2. The van der Waals surface area contributed by atoms with Crippen LogP contribution >= 0.6 is 0 Å². The first-order chi connectivity index (χ1) is 17.6. The van der Waals surface area contributed by atoms with E-state index in [1.165, 1.54) is 37.7 Å². The lowest BCUT2D eigenvalue weighted by Gasteiger charge is -2.19. The predicted molar refractivity (Wildman–Crippen MR) is 131 cm³/mol. The van der Waals surface area contributed by atoms with Crippen molar-refractivity contribution < 1.29 is 32.1 Å². The quantitative estimate of drug-likeness (QED) is 0.278. The van der Waals surface area contributed by atoms with E-state index in [1.54, 1.807) is 19.1 Å². The van der Waals surface area contributed by atoms with Crippen molar-refractivity contribution >= 4 is 16.7 Å². The number of hydrogen-bond acceptors (Lipinski definition) is 6. The first-order valence-corrected chi connectivity index (χ1v) is 11.5. The largest absolute Gasteiger partial charge is 0.496 e. The lowest BCUT2D eigenvalue weighted by Crippen LogP contribution is -2.21. The molecule has 0 aliphatic heterocycles. The number of aliphatic hydroxyl groups is 1. The Labute approximate surface area is 210 Å². The minimum absolute atomic E-state index is 0.0784. The van der Waals surface area contributed by atoms with Gasteiger partial charge in [-0.2, -0.15) is 13.2 Å². The Balaban J connectivity index is 1.54. The van der Waals surface area contributed by atoms with Crippen LogP contribution in [0.4, 0.5) is 23.4 Å². The monoisotopic (exact) mass is 518 g/mol. The molecule has 0 radical (unpaired) electrons. The molecule has 196 valence electrons. The number of anilines is 1. The van der Waals surface area contributed by atoms with E-state index in [1.807, 2.05) is 17.6 Å². The van der Waals surface area contributed by atoms with E-state index >= 15 is 0 Å². The standard InChI is InChI=1S/C26H26F4N4O3/c1-4-37-22-12-16(5-6-17(22)25(35)26(28,29)30)20-13-23(33-14-32-20)31-9-10-34-15(2)11-18-21(36-3)8-7-19(27)24(18)34/h5-8,11-14,25,35H,4,9-10H2,1-3H3,(H,31,32,33). The van der Waals surface area contributed by atoms with Crippen LogP contribution in [-0.4, -0.2) is 46.1 Å². The Morgan fingerprint density at radius 3 is 2.57 bits per heavy atom. The van der Waals surface area contributed by atoms with Gasteiger partial charge in [-0.25, -0.2) is 14.4 Å². The summed E-state index contributed by atoms with van der Waals surface area (Å²) in [6.45, 7) is 4.51. The lowest BCUT2D eigenvalue weighted by molar-refractivity contribution is -0.207. The zero-order valence-electron chi connectivity index (χ0n) is 20.4. The molecule has 0 amide bonds. The third-order valence-electron chi connectivity index (χ3n) is 5.92. The van der Waals surface area contributed by atoms with Gasteiger partial charge in [0.1, 0.15) is 29.5 Å². The molecule has 0 fully saturated rings. The summed E-state index contributed by atoms with van der Waals surface area (Å²) in [4.78, 5) is 8.42. The molecule has 11 heteroatoms. The van der Waals surface area contributed by atoms with Gasteiger partial charge in [-0.05, 0) is 38.1 Å². The number of aromatic nitrogens is 3. The number of ether oxygens (including phenoxy) is 2. The fourth-order valence-corrected chi connectivity index (χ4v) is 4.19. The second-order valence-electron chi connectivity index (χ2n) is 8.29. The molecule has 0 saturated heterocycles. The fourth-order valence-electron chi connectivity index (χ4n) is 4.19. The minimum atomic E-state index is -4.82. The van der Waals surface area contributed by atoms with Gasteiger partial charge in [-0.1, -0.05) is 12.1 Å². The summed E-state index contributed by atoms with van der Waals surface area (Å²) in [5.41, 5.74) is 1.89. The molecule has 7 nitrogen and oxygen atoms in total. The van der Waals surface area contributed by atoms with Crippen LogP contribution in [0.3, 0.4) is 0 Å². The van der Waals surface area contributed by atoms with Gasteiger partial charge in [0.25, 0.3) is 0 Å². The van der Waals surface area contributed by atoms with Crippen LogP contribution < -0.4 is 14.8 Å². The van der Waals surface area contributed by atoms with Gasteiger partial charge in [-0.15, -0.1) is 0 Å². The van der Waals surface area contributed by atoms with Gasteiger partial charge in [0.15, 0.2) is 6.10 Å². The number of methoxy groups -OCH3 is 1. The van der Waals surface area contributed by atoms with Crippen molar-refractivity contribution in [2.75, 3.05) is 25.6 Å². The number of nitrogens with zero attached hydrogens (tertiary/aromatic N) is 3. The molecule has 2 heterocycles. The maximum Gasteiger partial charge on any atom is 0.418 e. The molecule has 2 N–H and O–H groups in total. The molecule has 0 spiro atoms. The highest BCUT2D eigenvalue weighted by molar-refractivity contribution is 5.88. The zero-order valence-corrected chi connectivity index (χ0v) is 20.4. The van der Waals surface area contributed by atoms with Gasteiger partial charge in [0.2, 0.25) is 0 Å². The number of aliphatic hydroxyl groups excluding tert-OH is 1. The Kier molecular flexibility index (Phi) is 7.53. The van der Waals surface area contributed by atoms with E-state index in [0.29, 0.717) is 46.8 Å². The molecule has 2 aromatic heterocycles. The van der Waals surface area contributed by atoms with E-state index in [-0.39, 0.29) is 23.7 Å². The molecule has 0 saturated carbocycles. The molecule has 2 aromatic carbocycles. The maximum atomic E-state index is 14.6. The number of hydrogen-bond donors (Lipinski definition) is 2. The molecule has 0 aliphatic carbocycles. The third kappa shape index (κ3) is 5.46. The molecular formula is C26H26F4N4O3. The van der Waals surface area contributed by atoms with Gasteiger partial charge >= 0.3 is 6.18 Å². The van der Waals surface area contributed by atoms with Crippen molar-refractivity contribution in [3.63, 3.8) is 0 Å². The van der Waals surface area contributed by atoms with Gasteiger partial charge in [0, 0.05) is 41.4 Å². The van der Waals surface area contributed by atoms with Gasteiger partial charge in [-0.3, -0.25) is 0 Å². The van der Waals surface area contributed by atoms with E-state index in [0.717, 1.165) is 5.69 Å². The number of alkyl halides is 3. The summed E-state index contributed by atoms with van der Waals surface area (Å²) in [6.07, 6.45) is -6.16. The van der Waals surface area contributed by atoms with Crippen LogP contribution in [0.25, 0.3) is 22.2 Å². The summed E-state index contributed by atoms with van der Waals surface area (Å²) in [5.74, 6) is 0.643. The summed E-state index contributed by atoms with van der Waals surface area (Å²) in [7, 11) is 1.54. The third-order valence-corrected chi connectivity index (χ3v) is 5.92. The highest BCUT2D eigenvalue weighted by Gasteiger charge is 2.41. The molecule has 37 heavy (non-hydrogen) atoms. The normalized spacial score (nSPS) is 12.5. The highest BCUT2D eigenvalue weighted by Crippen LogP contribution is 2.39. The summed E-state index contributed by atoms with van der Waals surface area (Å²) in [6, 6.07) is 10.5. The second kappa shape index (κ2) is 10.6. The number of halogens is 4. The van der Waals surface area contributed by atoms with Crippen LogP contribution in [0.2, 0.25) is 0 Å². The van der Waals surface area contributed by atoms with E-state index < -0.39 is 12.3 Å². The number of nitrogens with one attached hydrogen (secondary N) is 1. The lowest BCUT2D eigenvalue weighted by atomic mass is 10.0. The van der Waals surface area contributed by atoms with Crippen molar-refractivity contribution in [1.82, 2.24) is 14.5 Å². The molecule has 1 unspecified atom stereocenters. The Bertz CT molecular complexity index is 1400. The molecule has 4 aromatic rings. The van der Waals surface area contributed by atoms with E-state index in [4.69, 9.17) is 9.47 Å². The first-order valence-electron chi connectivity index (χ1n) is 11.5. The van der Waals surface area contributed by atoms with Crippen LogP contribution in [-0.2, 0) is 6.54 Å². The Hall–Kier alpha value is -3.86. The van der Waals surface area contributed by atoms with Crippen LogP contribution in [0.5, 0.6) is 11.5 Å². The summed E-state index contributed by atoms with van der Waals surface area (Å²) in [5, 5.41) is 13.6. The first kappa shape index (κ1) is 26.2. The molecule has 4 rings (SSSR count). The predicted octanol–water partition coefficient (Wildman–Crippen LogP) is 5.66. The van der Waals surface area contributed by atoms with Crippen molar-refractivity contribution in [3.05, 3.63) is 65.9 Å².